The largest absolute Gasteiger partial charge is 0.303 e. The highest BCUT2D eigenvalue weighted by Crippen LogP contribution is 2.30. The zero-order valence-corrected chi connectivity index (χ0v) is 13.2. The third-order valence-corrected chi connectivity index (χ3v) is 6.17. The van der Waals surface area contributed by atoms with E-state index in [1.165, 1.54) is 0 Å². The van der Waals surface area contributed by atoms with Crippen LogP contribution in [0, 0.1) is 0 Å². The molecule has 2 atom stereocenters. The van der Waals surface area contributed by atoms with Crippen molar-refractivity contribution in [3.8, 4) is 0 Å². The summed E-state index contributed by atoms with van der Waals surface area (Å²) >= 11 is 11.5. The lowest BCUT2D eigenvalue weighted by molar-refractivity contribution is 0.582. The van der Waals surface area contributed by atoms with Crippen molar-refractivity contribution in [2.45, 2.75) is 0 Å². The van der Waals surface area contributed by atoms with Gasteiger partial charge in [-0.3, -0.25) is 0 Å². The zero-order chi connectivity index (χ0) is 13.8. The van der Waals surface area contributed by atoms with Crippen LogP contribution in [0.3, 0.4) is 0 Å². The van der Waals surface area contributed by atoms with Crippen molar-refractivity contribution in [1.82, 2.24) is 4.86 Å². The molecule has 0 fully saturated rings. The molecular formula is C12H10Cl2NO2P2. The molecule has 0 saturated carbocycles. The monoisotopic (exact) mass is 332 g/mol. The molecule has 0 N–H and O–H groups in total. The van der Waals surface area contributed by atoms with Crippen molar-refractivity contribution in [2.24, 2.45) is 0 Å². The summed E-state index contributed by atoms with van der Waals surface area (Å²) in [5.74, 6) is 0. The number of hydrogen-bond donors (Lipinski definition) is 0. The van der Waals surface area contributed by atoms with Crippen molar-refractivity contribution in [3.63, 3.8) is 0 Å². The van der Waals surface area contributed by atoms with Gasteiger partial charge in [0.2, 0.25) is 0 Å². The Labute approximate surface area is 122 Å². The average molecular weight is 333 g/mol. The van der Waals surface area contributed by atoms with E-state index in [4.69, 9.17) is 23.2 Å². The minimum Gasteiger partial charge on any atom is -0.303 e. The van der Waals surface area contributed by atoms with Gasteiger partial charge in [-0.25, -0.2) is 0 Å². The van der Waals surface area contributed by atoms with Gasteiger partial charge in [0.15, 0.2) is 15.9 Å². The van der Waals surface area contributed by atoms with Crippen molar-refractivity contribution in [2.75, 3.05) is 0 Å². The summed E-state index contributed by atoms with van der Waals surface area (Å²) in [5, 5.41) is 2.20. The van der Waals surface area contributed by atoms with Gasteiger partial charge in [-0.15, -0.1) is 4.86 Å². The van der Waals surface area contributed by atoms with E-state index in [0.29, 0.717) is 20.7 Å². The predicted molar refractivity (Wildman–Crippen MR) is 82.3 cm³/mol. The van der Waals surface area contributed by atoms with E-state index in [9.17, 15) is 9.13 Å². The smallest absolute Gasteiger partial charge is 0.187 e. The second-order valence-electron chi connectivity index (χ2n) is 3.74. The van der Waals surface area contributed by atoms with Gasteiger partial charge in [-0.05, 0) is 48.5 Å². The Bertz CT molecular complexity index is 559. The second-order valence-corrected chi connectivity index (χ2v) is 7.88. The van der Waals surface area contributed by atoms with E-state index in [1.807, 2.05) is 0 Å². The van der Waals surface area contributed by atoms with Crippen LogP contribution < -0.4 is 15.5 Å². The molecule has 2 rings (SSSR count). The summed E-state index contributed by atoms with van der Waals surface area (Å²) in [7, 11) is -4.85. The molecule has 0 aliphatic rings. The minimum atomic E-state index is -2.42. The van der Waals surface area contributed by atoms with Gasteiger partial charge in [0.1, 0.15) is 0 Å². The van der Waals surface area contributed by atoms with Crippen molar-refractivity contribution in [3.05, 3.63) is 58.6 Å². The van der Waals surface area contributed by atoms with Crippen molar-refractivity contribution < 1.29 is 9.13 Å². The molecule has 1 radical (unpaired) electrons. The molecule has 99 valence electrons. The number of hydrogen-bond acceptors (Lipinski definition) is 2. The number of rotatable bonds is 4. The number of benzene rings is 2. The standard InChI is InChI=1S/C12H10Cl2NO2P2/c13-9-1-5-11(6-2-9)18(16)15-19(17)12-7-3-10(14)4-8-12/h1-8,18-19H. The summed E-state index contributed by atoms with van der Waals surface area (Å²) in [6, 6.07) is 13.1. The highest BCUT2D eigenvalue weighted by Gasteiger charge is 2.11. The highest BCUT2D eigenvalue weighted by atomic mass is 35.5. The zero-order valence-electron chi connectivity index (χ0n) is 9.64. The van der Waals surface area contributed by atoms with Crippen LogP contribution in [-0.4, -0.2) is 0 Å². The summed E-state index contributed by atoms with van der Waals surface area (Å²) in [5.41, 5.74) is 0. The first-order valence-electron chi connectivity index (χ1n) is 5.38. The Morgan fingerprint density at radius 2 is 1.00 bits per heavy atom. The topological polar surface area (TPSA) is 48.2 Å². The predicted octanol–water partition coefficient (Wildman–Crippen LogP) is 3.50. The molecular weight excluding hydrogens is 323 g/mol. The van der Waals surface area contributed by atoms with Crippen molar-refractivity contribution in [1.29, 1.82) is 0 Å². The Kier molecular flexibility index (Phi) is 5.27. The molecule has 0 spiro atoms. The molecule has 2 unspecified atom stereocenters. The molecule has 0 heterocycles. The molecule has 0 saturated heterocycles. The first kappa shape index (κ1) is 14.8. The summed E-state index contributed by atoms with van der Waals surface area (Å²) in [4.78, 5) is 3.88. The Balaban J connectivity index is 2.08. The van der Waals surface area contributed by atoms with Crippen LogP contribution in [0.1, 0.15) is 0 Å². The van der Waals surface area contributed by atoms with Crippen LogP contribution in [0.4, 0.5) is 0 Å². The molecule has 3 nitrogen and oxygen atoms in total. The van der Waals surface area contributed by atoms with Gasteiger partial charge in [0.05, 0.1) is 0 Å². The van der Waals surface area contributed by atoms with Gasteiger partial charge in [0.25, 0.3) is 0 Å². The van der Waals surface area contributed by atoms with Crippen LogP contribution in [0.25, 0.3) is 0 Å². The lowest BCUT2D eigenvalue weighted by Gasteiger charge is -2.04. The van der Waals surface area contributed by atoms with Gasteiger partial charge in [-0.1, -0.05) is 23.2 Å². The lowest BCUT2D eigenvalue weighted by Crippen LogP contribution is -2.04. The third kappa shape index (κ3) is 4.21. The van der Waals surface area contributed by atoms with E-state index in [0.717, 1.165) is 0 Å². The molecule has 2 aromatic rings. The summed E-state index contributed by atoms with van der Waals surface area (Å²) < 4.78 is 24.0. The Hall–Kier alpha value is -0.560. The molecule has 2 aromatic carbocycles. The summed E-state index contributed by atoms with van der Waals surface area (Å²) in [6.45, 7) is 0. The lowest BCUT2D eigenvalue weighted by atomic mass is 10.4. The SMILES string of the molecule is O=[PH]([N][PH](=O)c1ccc(Cl)cc1)c1ccc(Cl)cc1. The molecule has 7 heteroatoms. The minimum absolute atomic E-state index is 0.543. The average Bonchev–Trinajstić information content (AvgIpc) is 2.40. The fourth-order valence-electron chi connectivity index (χ4n) is 1.41. The van der Waals surface area contributed by atoms with E-state index in [2.05, 4.69) is 4.86 Å². The Morgan fingerprint density at radius 3 is 1.32 bits per heavy atom. The van der Waals surface area contributed by atoms with Crippen LogP contribution in [-0.2, 0) is 9.13 Å². The molecule has 0 bridgehead atoms. The molecule has 0 amide bonds. The fourth-order valence-corrected chi connectivity index (χ4v) is 4.33. The Morgan fingerprint density at radius 1 is 0.684 bits per heavy atom. The van der Waals surface area contributed by atoms with Gasteiger partial charge < -0.3 is 9.13 Å². The third-order valence-electron chi connectivity index (χ3n) is 2.39. The van der Waals surface area contributed by atoms with E-state index < -0.39 is 15.9 Å². The summed E-state index contributed by atoms with van der Waals surface area (Å²) in [6.07, 6.45) is 0. The highest BCUT2D eigenvalue weighted by molar-refractivity contribution is 7.66. The van der Waals surface area contributed by atoms with Crippen LogP contribution >= 0.6 is 39.1 Å². The molecule has 0 aliphatic heterocycles. The number of nitrogens with zero attached hydrogens (tertiary/aromatic N) is 1. The number of halogens is 2. The first-order chi connectivity index (χ1) is 9.06. The van der Waals surface area contributed by atoms with Gasteiger partial charge >= 0.3 is 0 Å². The van der Waals surface area contributed by atoms with E-state index in [1.54, 1.807) is 48.5 Å². The second kappa shape index (κ2) is 6.74. The molecule has 0 aliphatic carbocycles. The van der Waals surface area contributed by atoms with Crippen molar-refractivity contribution >= 4 is 49.7 Å². The molecule has 0 aromatic heterocycles. The van der Waals surface area contributed by atoms with E-state index in [-0.39, 0.29) is 0 Å². The van der Waals surface area contributed by atoms with Crippen LogP contribution in [0.5, 0.6) is 0 Å². The van der Waals surface area contributed by atoms with Gasteiger partial charge in [0, 0.05) is 20.7 Å². The van der Waals surface area contributed by atoms with Crippen LogP contribution in [0.15, 0.2) is 48.5 Å². The van der Waals surface area contributed by atoms with Crippen LogP contribution in [0.2, 0.25) is 10.0 Å². The van der Waals surface area contributed by atoms with E-state index >= 15 is 0 Å². The maximum absolute atomic E-state index is 12.0. The maximum Gasteiger partial charge on any atom is 0.187 e. The quantitative estimate of drug-likeness (QED) is 0.804. The molecule has 19 heavy (non-hydrogen) atoms. The fraction of sp³-hybridized carbons (Fsp3) is 0. The maximum atomic E-state index is 12.0. The van der Waals surface area contributed by atoms with Gasteiger partial charge in [-0.2, -0.15) is 0 Å². The first-order valence-corrected chi connectivity index (χ1v) is 8.84. The normalized spacial score (nSPS) is 14.0.